The summed E-state index contributed by atoms with van der Waals surface area (Å²) in [5.74, 6) is 0.710. The molecule has 0 aliphatic carbocycles. The third kappa shape index (κ3) is 7.45. The summed E-state index contributed by atoms with van der Waals surface area (Å²) in [5.41, 5.74) is 5.50. The second kappa shape index (κ2) is 10.2. The number of carbonyl (C=O) groups is 1. The number of nitrogens with two attached hydrogens (primary N) is 1. The predicted molar refractivity (Wildman–Crippen MR) is 114 cm³/mol. The summed E-state index contributed by atoms with van der Waals surface area (Å²) in [7, 11) is 0. The summed E-state index contributed by atoms with van der Waals surface area (Å²) in [5, 5.41) is 10.8. The highest BCUT2D eigenvalue weighted by molar-refractivity contribution is 6.42. The molecule has 2 rings (SSSR count). The molecule has 162 valence electrons. The number of ether oxygens (including phenoxy) is 2. The van der Waals surface area contributed by atoms with E-state index >= 15 is 0 Å². The molecule has 1 heterocycles. The minimum absolute atomic E-state index is 0.00324. The van der Waals surface area contributed by atoms with Gasteiger partial charge >= 0.3 is 6.09 Å². The van der Waals surface area contributed by atoms with E-state index in [9.17, 15) is 9.90 Å². The maximum absolute atomic E-state index is 12.1. The standard InChI is InChI=1S/C19H28Cl2N4O4/c1-19(2,3)29-18(27)25-9-7-24(8-10-25)17(22)23-11-13(26)12-28-15-6-4-5-14(20)16(15)21/h4-6,13,26H,7-12H2,1-3H3,(H2,22,23). The number of guanidine groups is 1. The quantitative estimate of drug-likeness (QED) is 0.532. The fourth-order valence-corrected chi connectivity index (χ4v) is 2.92. The molecule has 0 saturated carbocycles. The lowest BCUT2D eigenvalue weighted by molar-refractivity contribution is 0.0186. The topological polar surface area (TPSA) is 101 Å². The number of nitrogens with zero attached hydrogens (tertiary/aromatic N) is 3. The van der Waals surface area contributed by atoms with Crippen LogP contribution in [0.15, 0.2) is 23.2 Å². The normalized spacial score (nSPS) is 16.6. The smallest absolute Gasteiger partial charge is 0.410 e. The Morgan fingerprint density at radius 2 is 1.86 bits per heavy atom. The van der Waals surface area contributed by atoms with Gasteiger partial charge in [-0.15, -0.1) is 0 Å². The number of aliphatic hydroxyl groups excluding tert-OH is 1. The van der Waals surface area contributed by atoms with Gasteiger partial charge in [-0.2, -0.15) is 0 Å². The van der Waals surface area contributed by atoms with Crippen molar-refractivity contribution >= 4 is 35.3 Å². The molecule has 1 aromatic rings. The molecule has 1 saturated heterocycles. The van der Waals surface area contributed by atoms with Crippen molar-refractivity contribution in [3.8, 4) is 5.75 Å². The van der Waals surface area contributed by atoms with Crippen LogP contribution in [0.1, 0.15) is 20.8 Å². The molecule has 1 amide bonds. The molecule has 0 radical (unpaired) electrons. The molecular weight excluding hydrogens is 419 g/mol. The van der Waals surface area contributed by atoms with Gasteiger partial charge in [0.25, 0.3) is 0 Å². The minimum atomic E-state index is -0.855. The lowest BCUT2D eigenvalue weighted by Crippen LogP contribution is -2.53. The van der Waals surface area contributed by atoms with Crippen molar-refractivity contribution in [3.63, 3.8) is 0 Å². The van der Waals surface area contributed by atoms with Crippen LogP contribution in [0.5, 0.6) is 5.75 Å². The molecule has 0 bridgehead atoms. The van der Waals surface area contributed by atoms with Crippen molar-refractivity contribution in [2.75, 3.05) is 39.3 Å². The van der Waals surface area contributed by atoms with E-state index in [-0.39, 0.29) is 19.2 Å². The molecule has 1 aromatic carbocycles. The Labute approximate surface area is 181 Å². The first-order valence-corrected chi connectivity index (χ1v) is 10.1. The molecular formula is C19H28Cl2N4O4. The highest BCUT2D eigenvalue weighted by Crippen LogP contribution is 2.31. The molecule has 0 aromatic heterocycles. The number of benzene rings is 1. The maximum Gasteiger partial charge on any atom is 0.410 e. The number of piperazine rings is 1. The van der Waals surface area contributed by atoms with Gasteiger partial charge in [0.2, 0.25) is 0 Å². The molecule has 8 nitrogen and oxygen atoms in total. The third-order valence-corrected chi connectivity index (χ3v) is 4.87. The van der Waals surface area contributed by atoms with Crippen molar-refractivity contribution in [1.29, 1.82) is 0 Å². The highest BCUT2D eigenvalue weighted by Gasteiger charge is 2.26. The number of rotatable bonds is 5. The van der Waals surface area contributed by atoms with Crippen LogP contribution in [0.25, 0.3) is 0 Å². The van der Waals surface area contributed by atoms with Crippen molar-refractivity contribution in [3.05, 3.63) is 28.2 Å². The lowest BCUT2D eigenvalue weighted by Gasteiger charge is -2.36. The monoisotopic (exact) mass is 446 g/mol. The molecule has 1 atom stereocenters. The molecule has 1 aliphatic rings. The van der Waals surface area contributed by atoms with Gasteiger partial charge in [-0.05, 0) is 32.9 Å². The van der Waals surface area contributed by atoms with Crippen LogP contribution in [-0.2, 0) is 4.74 Å². The first-order chi connectivity index (χ1) is 13.6. The Kier molecular flexibility index (Phi) is 8.24. The van der Waals surface area contributed by atoms with E-state index < -0.39 is 11.7 Å². The van der Waals surface area contributed by atoms with E-state index in [1.54, 1.807) is 23.1 Å². The van der Waals surface area contributed by atoms with Gasteiger partial charge in [0.05, 0.1) is 11.6 Å². The summed E-state index contributed by atoms with van der Waals surface area (Å²) < 4.78 is 10.9. The highest BCUT2D eigenvalue weighted by atomic mass is 35.5. The van der Waals surface area contributed by atoms with Gasteiger partial charge in [-0.25, -0.2) is 4.79 Å². The summed E-state index contributed by atoms with van der Waals surface area (Å²) in [6, 6.07) is 5.03. The number of carbonyl (C=O) groups excluding carboxylic acids is 1. The molecule has 10 heteroatoms. The number of aliphatic hydroxyl groups is 1. The summed E-state index contributed by atoms with van der Waals surface area (Å²) >= 11 is 12.0. The van der Waals surface area contributed by atoms with Crippen molar-refractivity contribution < 1.29 is 19.4 Å². The van der Waals surface area contributed by atoms with Gasteiger partial charge in [-0.1, -0.05) is 29.3 Å². The van der Waals surface area contributed by atoms with Gasteiger partial charge in [-0.3, -0.25) is 4.99 Å². The van der Waals surface area contributed by atoms with Crippen LogP contribution >= 0.6 is 23.2 Å². The number of hydrogen-bond donors (Lipinski definition) is 2. The first kappa shape index (κ1) is 23.4. The number of halogens is 2. The number of amides is 1. The van der Waals surface area contributed by atoms with Crippen molar-refractivity contribution in [2.45, 2.75) is 32.5 Å². The molecule has 29 heavy (non-hydrogen) atoms. The molecule has 3 N–H and O–H groups in total. The molecule has 1 fully saturated rings. The third-order valence-electron chi connectivity index (χ3n) is 4.07. The maximum atomic E-state index is 12.1. The Balaban J connectivity index is 1.77. The predicted octanol–water partition coefficient (Wildman–Crippen LogP) is 2.60. The van der Waals surface area contributed by atoms with E-state index in [4.69, 9.17) is 38.4 Å². The average Bonchev–Trinajstić information content (AvgIpc) is 2.66. The van der Waals surface area contributed by atoms with Crippen LogP contribution in [0, 0.1) is 0 Å². The summed E-state index contributed by atoms with van der Waals surface area (Å²) in [4.78, 5) is 19.8. The van der Waals surface area contributed by atoms with Gasteiger partial charge in [0.1, 0.15) is 29.1 Å². The molecule has 1 aliphatic heterocycles. The Morgan fingerprint density at radius 3 is 2.48 bits per heavy atom. The fraction of sp³-hybridized carbons (Fsp3) is 0.579. The lowest BCUT2D eigenvalue weighted by atomic mass is 10.2. The molecule has 1 unspecified atom stereocenters. The van der Waals surface area contributed by atoms with E-state index in [1.807, 2.05) is 25.7 Å². The van der Waals surface area contributed by atoms with E-state index in [2.05, 4.69) is 4.99 Å². The Morgan fingerprint density at radius 1 is 1.24 bits per heavy atom. The zero-order valence-electron chi connectivity index (χ0n) is 16.9. The summed E-state index contributed by atoms with van der Waals surface area (Å²) in [6.07, 6.45) is -1.19. The minimum Gasteiger partial charge on any atom is -0.489 e. The van der Waals surface area contributed by atoms with E-state index in [0.717, 1.165) is 0 Å². The fourth-order valence-electron chi connectivity index (χ4n) is 2.58. The largest absolute Gasteiger partial charge is 0.489 e. The van der Waals surface area contributed by atoms with Gasteiger partial charge < -0.3 is 30.1 Å². The van der Waals surface area contributed by atoms with Gasteiger partial charge in [0, 0.05) is 26.2 Å². The Hall–Kier alpha value is -1.90. The number of aliphatic imine (C=N–C) groups is 1. The van der Waals surface area contributed by atoms with Gasteiger partial charge in [0.15, 0.2) is 5.96 Å². The van der Waals surface area contributed by atoms with Crippen LogP contribution in [-0.4, -0.2) is 78.0 Å². The van der Waals surface area contributed by atoms with Crippen LogP contribution in [0.2, 0.25) is 10.0 Å². The number of hydrogen-bond acceptors (Lipinski definition) is 5. The second-order valence-electron chi connectivity index (χ2n) is 7.67. The van der Waals surface area contributed by atoms with Crippen molar-refractivity contribution in [2.24, 2.45) is 10.7 Å². The average molecular weight is 447 g/mol. The van der Waals surface area contributed by atoms with Crippen LogP contribution < -0.4 is 10.5 Å². The van der Waals surface area contributed by atoms with E-state index in [1.165, 1.54) is 0 Å². The Bertz CT molecular complexity index is 731. The van der Waals surface area contributed by atoms with E-state index in [0.29, 0.717) is 47.9 Å². The SMILES string of the molecule is CC(C)(C)OC(=O)N1CCN(C(N)=NCC(O)COc2cccc(Cl)c2Cl)CC1. The van der Waals surface area contributed by atoms with Crippen molar-refractivity contribution in [1.82, 2.24) is 9.80 Å². The second-order valence-corrected chi connectivity index (χ2v) is 8.46. The first-order valence-electron chi connectivity index (χ1n) is 9.34. The van der Waals surface area contributed by atoms with Crippen LogP contribution in [0.4, 0.5) is 4.79 Å². The zero-order valence-corrected chi connectivity index (χ0v) is 18.4. The zero-order chi connectivity index (χ0) is 21.6. The van der Waals surface area contributed by atoms with Crippen LogP contribution in [0.3, 0.4) is 0 Å². The molecule has 0 spiro atoms. The summed E-state index contributed by atoms with van der Waals surface area (Å²) in [6.45, 7) is 7.65.